The lowest BCUT2D eigenvalue weighted by Crippen LogP contribution is -2.54. The average Bonchev–Trinajstić information content (AvgIpc) is 3.45. The molecule has 0 aliphatic carbocycles. The number of amides is 2. The first kappa shape index (κ1) is 34.8. The van der Waals surface area contributed by atoms with E-state index in [4.69, 9.17) is 9.47 Å². The molecule has 9 nitrogen and oxygen atoms in total. The fraction of sp³-hybridized carbons (Fsp3) is 0.500. The highest BCUT2D eigenvalue weighted by Crippen LogP contribution is 2.28. The van der Waals surface area contributed by atoms with Gasteiger partial charge in [-0.1, -0.05) is 70.2 Å². The van der Waals surface area contributed by atoms with Gasteiger partial charge in [0.25, 0.3) is 11.8 Å². The summed E-state index contributed by atoms with van der Waals surface area (Å²) >= 11 is 1.72. The molecule has 230 valence electrons. The largest absolute Gasteiger partial charge is 0.448 e. The molecule has 2 aliphatic rings. The number of carbonyl (C=O) groups is 4. The number of rotatable bonds is 9. The zero-order chi connectivity index (χ0) is 31.1. The van der Waals surface area contributed by atoms with Crippen LogP contribution < -0.4 is 5.32 Å². The molecule has 4 rings (SSSR count). The zero-order valence-electron chi connectivity index (χ0n) is 25.6. The van der Waals surface area contributed by atoms with Gasteiger partial charge in [-0.3, -0.25) is 19.2 Å². The Balaban J connectivity index is 0.00000148. The molecule has 0 unspecified atom stereocenters. The molecule has 2 aliphatic heterocycles. The molecule has 2 heterocycles. The van der Waals surface area contributed by atoms with Crippen LogP contribution in [0.1, 0.15) is 65.5 Å². The minimum Gasteiger partial charge on any atom is -0.448 e. The van der Waals surface area contributed by atoms with Crippen molar-refractivity contribution >= 4 is 35.7 Å². The minimum atomic E-state index is -1.58. The van der Waals surface area contributed by atoms with Crippen LogP contribution in [0.3, 0.4) is 0 Å². The summed E-state index contributed by atoms with van der Waals surface area (Å²) in [7, 11) is 0. The molecule has 42 heavy (non-hydrogen) atoms. The lowest BCUT2D eigenvalue weighted by Gasteiger charge is -2.32. The molecular formula is C32H45N3O6S. The first-order chi connectivity index (χ1) is 20.3. The molecule has 0 radical (unpaired) electrons. The summed E-state index contributed by atoms with van der Waals surface area (Å²) in [5.41, 5.74) is 1.96. The van der Waals surface area contributed by atoms with Gasteiger partial charge in [-0.05, 0) is 54.0 Å². The predicted octanol–water partition coefficient (Wildman–Crippen LogP) is 4.98. The summed E-state index contributed by atoms with van der Waals surface area (Å²) in [6.45, 7) is 13.1. The smallest absolute Gasteiger partial charge is 0.303 e. The van der Waals surface area contributed by atoms with Gasteiger partial charge in [0.15, 0.2) is 0 Å². The Hall–Kier alpha value is -3.37. The maximum atomic E-state index is 13.4. The number of hydrogen-bond donors (Lipinski definition) is 1. The molecule has 2 atom stereocenters. The number of nitrogens with zero attached hydrogens (tertiary/aromatic N) is 2. The molecule has 2 amide bonds. The topological polar surface area (TPSA) is 105 Å². The number of piperidine rings is 1. The molecule has 2 aromatic rings. The van der Waals surface area contributed by atoms with E-state index >= 15 is 0 Å². The van der Waals surface area contributed by atoms with Crippen molar-refractivity contribution < 1.29 is 28.7 Å². The third kappa shape index (κ3) is 10.5. The van der Waals surface area contributed by atoms with Crippen molar-refractivity contribution in [1.29, 1.82) is 0 Å². The van der Waals surface area contributed by atoms with Crippen molar-refractivity contribution in [1.82, 2.24) is 14.5 Å². The Morgan fingerprint density at radius 2 is 1.31 bits per heavy atom. The second-order valence-corrected chi connectivity index (χ2v) is 10.7. The quantitative estimate of drug-likeness (QED) is 0.318. The molecule has 0 bridgehead atoms. The highest BCUT2D eigenvalue weighted by atomic mass is 32.2. The van der Waals surface area contributed by atoms with E-state index in [0.29, 0.717) is 19.6 Å². The van der Waals surface area contributed by atoms with Gasteiger partial charge in [0, 0.05) is 51.5 Å². The molecule has 2 aromatic carbocycles. The first-order valence-corrected chi connectivity index (χ1v) is 15.5. The fourth-order valence-corrected chi connectivity index (χ4v) is 5.67. The Kier molecular flexibility index (Phi) is 15.1. The van der Waals surface area contributed by atoms with Gasteiger partial charge in [0.2, 0.25) is 12.2 Å². The molecule has 10 heteroatoms. The number of fused-ring (bicyclic) bond motifs is 1. The van der Waals surface area contributed by atoms with E-state index < -0.39 is 36.0 Å². The number of nitrogens with one attached hydrogen (secondary N) is 1. The van der Waals surface area contributed by atoms with E-state index in [2.05, 4.69) is 21.8 Å². The standard InChI is InChI=1S/C28H33N3O6S.2C2H6/c1-19(32)36-25(26(37-20(2)33)28(35)30-17-22-8-6-7-9-23(22)18-30)27(34)29-16-21-12-14-31(15-13-21)38-24-10-4-3-5-11-24;2*1-2/h3-11,21,25-26H,12-18H2,1-2H3,(H,29,34);2*1-2H3/t25-,26-;;/m1../s1. The van der Waals surface area contributed by atoms with Gasteiger partial charge < -0.3 is 19.7 Å². The van der Waals surface area contributed by atoms with Crippen LogP contribution >= 0.6 is 11.9 Å². The minimum absolute atomic E-state index is 0.237. The average molecular weight is 600 g/mol. The summed E-state index contributed by atoms with van der Waals surface area (Å²) in [4.78, 5) is 53.1. The van der Waals surface area contributed by atoms with Crippen LogP contribution in [0.15, 0.2) is 59.5 Å². The normalized spacial score (nSPS) is 15.9. The van der Waals surface area contributed by atoms with E-state index in [1.54, 1.807) is 11.9 Å². The van der Waals surface area contributed by atoms with Gasteiger partial charge >= 0.3 is 11.9 Å². The number of esters is 2. The van der Waals surface area contributed by atoms with E-state index in [0.717, 1.165) is 50.9 Å². The molecule has 1 saturated heterocycles. The van der Waals surface area contributed by atoms with E-state index in [1.807, 2.05) is 70.2 Å². The van der Waals surface area contributed by atoms with Crippen LogP contribution in [0.2, 0.25) is 0 Å². The molecule has 0 aromatic heterocycles. The third-order valence-electron chi connectivity index (χ3n) is 6.63. The Morgan fingerprint density at radius 1 is 0.810 bits per heavy atom. The maximum absolute atomic E-state index is 13.4. The summed E-state index contributed by atoms with van der Waals surface area (Å²) in [5, 5.41) is 2.84. The summed E-state index contributed by atoms with van der Waals surface area (Å²) in [5.74, 6) is -2.48. The maximum Gasteiger partial charge on any atom is 0.303 e. The fourth-order valence-electron chi connectivity index (χ4n) is 4.70. The van der Waals surface area contributed by atoms with Crippen LogP contribution in [0.25, 0.3) is 0 Å². The van der Waals surface area contributed by atoms with Crippen LogP contribution in [-0.4, -0.2) is 64.8 Å². The third-order valence-corrected chi connectivity index (χ3v) is 7.74. The number of carbonyl (C=O) groups excluding carboxylic acids is 4. The van der Waals surface area contributed by atoms with Crippen molar-refractivity contribution in [3.63, 3.8) is 0 Å². The van der Waals surface area contributed by atoms with Crippen molar-refractivity contribution in [2.45, 2.75) is 84.6 Å². The summed E-state index contributed by atoms with van der Waals surface area (Å²) in [6, 6.07) is 17.8. The van der Waals surface area contributed by atoms with Crippen LogP contribution in [0.4, 0.5) is 0 Å². The molecule has 1 N–H and O–H groups in total. The number of ether oxygens (including phenoxy) is 2. The van der Waals surface area contributed by atoms with Crippen LogP contribution in [0.5, 0.6) is 0 Å². The van der Waals surface area contributed by atoms with Crippen LogP contribution in [-0.2, 0) is 41.7 Å². The van der Waals surface area contributed by atoms with Crippen molar-refractivity contribution in [3.8, 4) is 0 Å². The number of hydrogen-bond acceptors (Lipinski definition) is 8. The van der Waals surface area contributed by atoms with Crippen molar-refractivity contribution in [3.05, 3.63) is 65.7 Å². The second kappa shape index (κ2) is 18.2. The lowest BCUT2D eigenvalue weighted by molar-refractivity contribution is -0.178. The summed E-state index contributed by atoms with van der Waals surface area (Å²) in [6.07, 6.45) is -1.39. The Bertz CT molecular complexity index is 1130. The van der Waals surface area contributed by atoms with E-state index in [-0.39, 0.29) is 5.92 Å². The van der Waals surface area contributed by atoms with Crippen LogP contribution in [0, 0.1) is 5.92 Å². The van der Waals surface area contributed by atoms with Gasteiger partial charge in [-0.2, -0.15) is 0 Å². The molecule has 0 spiro atoms. The molecular weight excluding hydrogens is 554 g/mol. The zero-order valence-corrected chi connectivity index (χ0v) is 26.4. The predicted molar refractivity (Wildman–Crippen MR) is 164 cm³/mol. The van der Waals surface area contributed by atoms with E-state index in [1.165, 1.54) is 9.80 Å². The SMILES string of the molecule is CC.CC.CC(=O)O[C@@H](C(=O)NCC1CCN(Sc2ccccc2)CC1)[C@@H](OC(C)=O)C(=O)N1Cc2ccccc2C1. The lowest BCUT2D eigenvalue weighted by atomic mass is 9.98. The molecule has 1 fully saturated rings. The van der Waals surface area contributed by atoms with Gasteiger partial charge in [-0.25, -0.2) is 4.31 Å². The highest BCUT2D eigenvalue weighted by molar-refractivity contribution is 7.97. The Morgan fingerprint density at radius 3 is 1.83 bits per heavy atom. The first-order valence-electron chi connectivity index (χ1n) is 14.8. The highest BCUT2D eigenvalue weighted by Gasteiger charge is 2.42. The van der Waals surface area contributed by atoms with Crippen molar-refractivity contribution in [2.75, 3.05) is 19.6 Å². The molecule has 0 saturated carbocycles. The van der Waals surface area contributed by atoms with Gasteiger partial charge in [0.05, 0.1) is 0 Å². The second-order valence-electron chi connectivity index (χ2n) is 9.54. The van der Waals surface area contributed by atoms with Gasteiger partial charge in [-0.15, -0.1) is 0 Å². The van der Waals surface area contributed by atoms with E-state index in [9.17, 15) is 19.2 Å². The number of benzene rings is 2. The van der Waals surface area contributed by atoms with Crippen molar-refractivity contribution in [2.24, 2.45) is 5.92 Å². The van der Waals surface area contributed by atoms with Gasteiger partial charge in [0.1, 0.15) is 0 Å². The monoisotopic (exact) mass is 599 g/mol. The summed E-state index contributed by atoms with van der Waals surface area (Å²) < 4.78 is 12.9. The Labute approximate surface area is 254 Å².